The molecule has 58 heavy (non-hydrogen) atoms. The Morgan fingerprint density at radius 1 is 0.552 bits per heavy atom. The number of nitrogens with zero attached hydrogens (tertiary/aromatic N) is 2. The van der Waals surface area contributed by atoms with Crippen LogP contribution in [-0.4, -0.2) is 95.7 Å². The minimum absolute atomic E-state index is 0.0828. The number of amides is 2. The van der Waals surface area contributed by atoms with Crippen LogP contribution in [0.25, 0.3) is 0 Å². The molecule has 2 heterocycles. The van der Waals surface area contributed by atoms with Gasteiger partial charge in [0.15, 0.2) is 0 Å². The first-order valence-electron chi connectivity index (χ1n) is 20.7. The Hall–Kier alpha value is -4.48. The summed E-state index contributed by atoms with van der Waals surface area (Å²) in [4.78, 5) is 56.1. The molecule has 0 aromatic heterocycles. The van der Waals surface area contributed by atoms with Gasteiger partial charge in [0.05, 0.1) is 11.8 Å². The average molecular weight is 809 g/mol. The van der Waals surface area contributed by atoms with Crippen LogP contribution in [0.4, 0.5) is 9.59 Å². The standard InChI is InChI=1S/C46H68N2O10/c1-43(2,3)55-39(49)37(33-19-21-47(29-33)41(51)57-45(7,8)9)27-31-15-13-17-35(25-31)53-23-24-54-36-18-14-16-32(26-36)28-38(40(50)56-44(4,5)6)34-20-22-48(30-34)42(52)58-46(10,11)12/h13-18,25-26,33-34,37-38H,19-24,27-30H2,1-12H3/t33-,34-,37?,38?/m0/s1. The van der Waals surface area contributed by atoms with Gasteiger partial charge in [0.1, 0.15) is 47.1 Å². The van der Waals surface area contributed by atoms with Gasteiger partial charge in [-0.15, -0.1) is 0 Å². The van der Waals surface area contributed by atoms with Crippen molar-refractivity contribution >= 4 is 24.1 Å². The second-order valence-electron chi connectivity index (χ2n) is 19.6. The van der Waals surface area contributed by atoms with Gasteiger partial charge in [0.25, 0.3) is 0 Å². The predicted octanol–water partition coefficient (Wildman–Crippen LogP) is 8.66. The third-order valence-corrected chi connectivity index (χ3v) is 9.64. The largest absolute Gasteiger partial charge is 0.490 e. The zero-order valence-corrected chi connectivity index (χ0v) is 37.0. The summed E-state index contributed by atoms with van der Waals surface area (Å²) in [7, 11) is 0. The van der Waals surface area contributed by atoms with Crippen molar-refractivity contribution in [2.24, 2.45) is 23.7 Å². The minimum atomic E-state index is -0.649. The van der Waals surface area contributed by atoms with Crippen LogP contribution in [0, 0.1) is 23.7 Å². The van der Waals surface area contributed by atoms with Crippen molar-refractivity contribution in [3.8, 4) is 11.5 Å². The number of carbonyl (C=O) groups excluding carboxylic acids is 4. The van der Waals surface area contributed by atoms with Gasteiger partial charge in [-0.3, -0.25) is 9.59 Å². The zero-order chi connectivity index (χ0) is 43.1. The Morgan fingerprint density at radius 3 is 1.22 bits per heavy atom. The predicted molar refractivity (Wildman–Crippen MR) is 222 cm³/mol. The van der Waals surface area contributed by atoms with Crippen LogP contribution >= 0.6 is 0 Å². The second-order valence-corrected chi connectivity index (χ2v) is 19.6. The SMILES string of the molecule is CC(C)(C)OC(=O)C(Cc1cccc(OCCOc2cccc(CC(C(=O)OC(C)(C)C)[C@H]3CCN(C(=O)OC(C)(C)C)C3)c2)c1)[C@H]1CCN(C(=O)OC(C)(C)C)C1. The van der Waals surface area contributed by atoms with E-state index in [2.05, 4.69) is 0 Å². The summed E-state index contributed by atoms with van der Waals surface area (Å²) in [5.41, 5.74) is -0.656. The summed E-state index contributed by atoms with van der Waals surface area (Å²) >= 11 is 0. The lowest BCUT2D eigenvalue weighted by Gasteiger charge is -2.28. The lowest BCUT2D eigenvalue weighted by atomic mass is 9.86. The van der Waals surface area contributed by atoms with Gasteiger partial charge in [0, 0.05) is 26.2 Å². The van der Waals surface area contributed by atoms with E-state index in [4.69, 9.17) is 28.4 Å². The van der Waals surface area contributed by atoms with E-state index in [1.54, 1.807) is 9.80 Å². The normalized spacial score (nSPS) is 18.6. The molecule has 2 amide bonds. The Bertz CT molecular complexity index is 1590. The smallest absolute Gasteiger partial charge is 0.410 e. The lowest BCUT2D eigenvalue weighted by molar-refractivity contribution is -0.163. The molecule has 0 spiro atoms. The highest BCUT2D eigenvalue weighted by Gasteiger charge is 2.40. The van der Waals surface area contributed by atoms with Crippen LogP contribution in [0.1, 0.15) is 107 Å². The van der Waals surface area contributed by atoms with E-state index >= 15 is 0 Å². The van der Waals surface area contributed by atoms with Crippen molar-refractivity contribution in [3.63, 3.8) is 0 Å². The molecule has 322 valence electrons. The number of hydrogen-bond donors (Lipinski definition) is 0. The van der Waals surface area contributed by atoms with Gasteiger partial charge in [-0.05, 0) is 156 Å². The highest BCUT2D eigenvalue weighted by Crippen LogP contribution is 2.33. The van der Waals surface area contributed by atoms with E-state index in [1.165, 1.54) is 0 Å². The summed E-state index contributed by atoms with van der Waals surface area (Å²) < 4.78 is 35.1. The van der Waals surface area contributed by atoms with Crippen LogP contribution in [0.5, 0.6) is 11.5 Å². The zero-order valence-electron chi connectivity index (χ0n) is 37.0. The fraction of sp³-hybridized carbons (Fsp3) is 0.652. The van der Waals surface area contributed by atoms with Gasteiger partial charge in [0.2, 0.25) is 0 Å². The maximum atomic E-state index is 13.6. The third kappa shape index (κ3) is 15.4. The van der Waals surface area contributed by atoms with Crippen molar-refractivity contribution in [1.82, 2.24) is 9.80 Å². The molecule has 2 fully saturated rings. The number of carbonyl (C=O) groups is 4. The van der Waals surface area contributed by atoms with Crippen LogP contribution in [0.3, 0.4) is 0 Å². The lowest BCUT2D eigenvalue weighted by Crippen LogP contribution is -2.38. The van der Waals surface area contributed by atoms with E-state index in [9.17, 15) is 19.2 Å². The Morgan fingerprint density at radius 2 is 0.897 bits per heavy atom. The summed E-state index contributed by atoms with van der Waals surface area (Å²) in [6, 6.07) is 15.4. The first-order valence-corrected chi connectivity index (χ1v) is 20.7. The quantitative estimate of drug-likeness (QED) is 0.110. The van der Waals surface area contributed by atoms with Gasteiger partial charge in [-0.2, -0.15) is 0 Å². The highest BCUT2D eigenvalue weighted by molar-refractivity contribution is 5.75. The Balaban J connectivity index is 1.36. The average Bonchev–Trinajstić information content (AvgIpc) is 3.77. The minimum Gasteiger partial charge on any atom is -0.490 e. The maximum Gasteiger partial charge on any atom is 0.410 e. The molecule has 2 aromatic rings. The fourth-order valence-corrected chi connectivity index (χ4v) is 7.21. The molecule has 2 aromatic carbocycles. The molecule has 2 aliphatic heterocycles. The molecule has 0 bridgehead atoms. The van der Waals surface area contributed by atoms with Gasteiger partial charge in [-0.25, -0.2) is 9.59 Å². The molecule has 12 heteroatoms. The molecular formula is C46H68N2O10. The number of ether oxygens (including phenoxy) is 6. The second kappa shape index (κ2) is 19.1. The number of rotatable bonds is 13. The molecular weight excluding hydrogens is 741 g/mol. The molecule has 4 atom stereocenters. The first kappa shape index (κ1) is 46.2. The van der Waals surface area contributed by atoms with Crippen LogP contribution < -0.4 is 9.47 Å². The number of benzene rings is 2. The van der Waals surface area contributed by atoms with Gasteiger partial charge >= 0.3 is 24.1 Å². The van der Waals surface area contributed by atoms with Crippen molar-refractivity contribution in [1.29, 1.82) is 0 Å². The van der Waals surface area contributed by atoms with Crippen molar-refractivity contribution < 1.29 is 47.6 Å². The summed E-state index contributed by atoms with van der Waals surface area (Å²) in [5, 5.41) is 0. The molecule has 2 unspecified atom stereocenters. The van der Waals surface area contributed by atoms with Gasteiger partial charge in [-0.1, -0.05) is 24.3 Å². The Labute approximate surface area is 346 Å². The van der Waals surface area contributed by atoms with Crippen LogP contribution in [-0.2, 0) is 41.4 Å². The van der Waals surface area contributed by atoms with Crippen molar-refractivity contribution in [2.75, 3.05) is 39.4 Å². The first-order chi connectivity index (χ1) is 26.8. The molecule has 2 aliphatic rings. The molecule has 12 nitrogen and oxygen atoms in total. The molecule has 4 rings (SSSR count). The monoisotopic (exact) mass is 808 g/mol. The van der Waals surface area contributed by atoms with Crippen LogP contribution in [0.2, 0.25) is 0 Å². The molecule has 0 radical (unpaired) electrons. The van der Waals surface area contributed by atoms with Crippen molar-refractivity contribution in [3.05, 3.63) is 59.7 Å². The highest BCUT2D eigenvalue weighted by atomic mass is 16.6. The molecule has 0 aliphatic carbocycles. The molecule has 0 saturated carbocycles. The van der Waals surface area contributed by atoms with E-state index in [0.29, 0.717) is 63.4 Å². The van der Waals surface area contributed by atoms with Gasteiger partial charge < -0.3 is 38.2 Å². The molecule has 2 saturated heterocycles. The summed E-state index contributed by atoms with van der Waals surface area (Å²) in [6.45, 7) is 24.6. The van der Waals surface area contributed by atoms with E-state index < -0.39 is 34.2 Å². The fourth-order valence-electron chi connectivity index (χ4n) is 7.21. The molecule has 0 N–H and O–H groups in total. The number of esters is 2. The Kier molecular flexibility index (Phi) is 15.2. The van der Waals surface area contributed by atoms with Crippen molar-refractivity contribution in [2.45, 2.75) is 131 Å². The third-order valence-electron chi connectivity index (χ3n) is 9.64. The number of likely N-dealkylation sites (tertiary alicyclic amines) is 2. The maximum absolute atomic E-state index is 13.6. The summed E-state index contributed by atoms with van der Waals surface area (Å²) in [5.74, 6) is -0.340. The van der Waals surface area contributed by atoms with Crippen LogP contribution in [0.15, 0.2) is 48.5 Å². The number of hydrogen-bond acceptors (Lipinski definition) is 10. The topological polar surface area (TPSA) is 130 Å². The summed E-state index contributed by atoms with van der Waals surface area (Å²) in [6.07, 6.45) is 1.48. The van der Waals surface area contributed by atoms with E-state index in [0.717, 1.165) is 11.1 Å². The van der Waals surface area contributed by atoms with E-state index in [-0.39, 0.29) is 49.2 Å². The van der Waals surface area contributed by atoms with E-state index in [1.807, 2.05) is 132 Å².